The van der Waals surface area contributed by atoms with Crippen molar-refractivity contribution in [3.63, 3.8) is 0 Å². The minimum Gasteiger partial charge on any atom is -0.338 e. The van der Waals surface area contributed by atoms with Gasteiger partial charge in [0.15, 0.2) is 0 Å². The molecule has 0 unspecified atom stereocenters. The van der Waals surface area contributed by atoms with E-state index in [1.165, 1.54) is 24.7 Å². The highest BCUT2D eigenvalue weighted by Crippen LogP contribution is 2.15. The summed E-state index contributed by atoms with van der Waals surface area (Å²) < 4.78 is 0. The Balaban J connectivity index is 2.14. The molecular formula is C9H7N5O2. The van der Waals surface area contributed by atoms with E-state index in [9.17, 15) is 10.1 Å². The predicted molar refractivity (Wildman–Crippen MR) is 56.2 cm³/mol. The SMILES string of the molecule is O=[N+]([O-])c1ccc(Nc2cncnc2)nc1. The molecule has 0 spiro atoms. The standard InChI is InChI=1S/C9H7N5O2/c15-14(16)8-1-2-9(12-5-8)13-7-3-10-6-11-4-7/h1-6H,(H,12,13). The van der Waals surface area contributed by atoms with Gasteiger partial charge in [0, 0.05) is 6.07 Å². The summed E-state index contributed by atoms with van der Waals surface area (Å²) >= 11 is 0. The van der Waals surface area contributed by atoms with Crippen LogP contribution in [0.15, 0.2) is 37.1 Å². The van der Waals surface area contributed by atoms with Gasteiger partial charge in [-0.1, -0.05) is 0 Å². The third-order valence-electron chi connectivity index (χ3n) is 1.79. The van der Waals surface area contributed by atoms with Gasteiger partial charge in [0.05, 0.1) is 23.0 Å². The van der Waals surface area contributed by atoms with Crippen LogP contribution in [0.4, 0.5) is 17.2 Å². The first kappa shape index (κ1) is 9.97. The van der Waals surface area contributed by atoms with Crippen LogP contribution < -0.4 is 5.32 Å². The molecule has 0 saturated carbocycles. The normalized spacial score (nSPS) is 9.75. The van der Waals surface area contributed by atoms with Crippen LogP contribution in [0.1, 0.15) is 0 Å². The first-order chi connectivity index (χ1) is 7.75. The first-order valence-electron chi connectivity index (χ1n) is 4.38. The van der Waals surface area contributed by atoms with Crippen LogP contribution in [0.5, 0.6) is 0 Å². The van der Waals surface area contributed by atoms with Crippen molar-refractivity contribution in [1.29, 1.82) is 0 Å². The second-order valence-corrected chi connectivity index (χ2v) is 2.91. The predicted octanol–water partition coefficient (Wildman–Crippen LogP) is 1.52. The second-order valence-electron chi connectivity index (χ2n) is 2.91. The first-order valence-corrected chi connectivity index (χ1v) is 4.38. The fourth-order valence-corrected chi connectivity index (χ4v) is 1.08. The van der Waals surface area contributed by atoms with E-state index in [4.69, 9.17) is 0 Å². The number of pyridine rings is 1. The quantitative estimate of drug-likeness (QED) is 0.618. The molecule has 0 bridgehead atoms. The monoisotopic (exact) mass is 217 g/mol. The average molecular weight is 217 g/mol. The summed E-state index contributed by atoms with van der Waals surface area (Å²) in [6.45, 7) is 0. The third kappa shape index (κ3) is 2.27. The Bertz CT molecular complexity index is 485. The second kappa shape index (κ2) is 4.30. The lowest BCUT2D eigenvalue weighted by atomic mass is 10.4. The van der Waals surface area contributed by atoms with E-state index in [2.05, 4.69) is 20.3 Å². The van der Waals surface area contributed by atoms with Crippen molar-refractivity contribution in [2.45, 2.75) is 0 Å². The molecule has 0 aliphatic carbocycles. The fourth-order valence-electron chi connectivity index (χ4n) is 1.08. The van der Waals surface area contributed by atoms with E-state index in [1.54, 1.807) is 12.4 Å². The molecule has 7 nitrogen and oxygen atoms in total. The highest BCUT2D eigenvalue weighted by molar-refractivity contribution is 5.54. The van der Waals surface area contributed by atoms with Crippen molar-refractivity contribution in [3.05, 3.63) is 47.2 Å². The number of anilines is 2. The summed E-state index contributed by atoms with van der Waals surface area (Å²) in [4.78, 5) is 21.4. The maximum atomic E-state index is 10.4. The molecule has 2 heterocycles. The Morgan fingerprint density at radius 3 is 2.50 bits per heavy atom. The van der Waals surface area contributed by atoms with Gasteiger partial charge in [-0.3, -0.25) is 10.1 Å². The summed E-state index contributed by atoms with van der Waals surface area (Å²) in [5, 5.41) is 13.3. The molecule has 0 saturated heterocycles. The molecule has 2 aromatic rings. The Morgan fingerprint density at radius 1 is 1.19 bits per heavy atom. The molecular weight excluding hydrogens is 210 g/mol. The Labute approximate surface area is 90.4 Å². The number of hydrogen-bond acceptors (Lipinski definition) is 6. The number of aromatic nitrogens is 3. The molecule has 0 atom stereocenters. The van der Waals surface area contributed by atoms with E-state index in [0.717, 1.165) is 0 Å². The van der Waals surface area contributed by atoms with Gasteiger partial charge in [0.1, 0.15) is 18.3 Å². The number of nitrogens with zero attached hydrogens (tertiary/aromatic N) is 4. The van der Waals surface area contributed by atoms with Crippen LogP contribution in [0.25, 0.3) is 0 Å². The van der Waals surface area contributed by atoms with Gasteiger partial charge in [-0.05, 0) is 6.07 Å². The molecule has 0 radical (unpaired) electrons. The van der Waals surface area contributed by atoms with Crippen molar-refractivity contribution in [3.8, 4) is 0 Å². The van der Waals surface area contributed by atoms with Crippen LogP contribution in [-0.2, 0) is 0 Å². The number of rotatable bonds is 3. The van der Waals surface area contributed by atoms with Gasteiger partial charge in [-0.15, -0.1) is 0 Å². The van der Waals surface area contributed by atoms with Crippen molar-refractivity contribution < 1.29 is 4.92 Å². The third-order valence-corrected chi connectivity index (χ3v) is 1.79. The summed E-state index contributed by atoms with van der Waals surface area (Å²) in [7, 11) is 0. The lowest BCUT2D eigenvalue weighted by molar-refractivity contribution is -0.385. The fraction of sp³-hybridized carbons (Fsp3) is 0. The summed E-state index contributed by atoms with van der Waals surface area (Å²) in [6, 6.07) is 2.89. The van der Waals surface area contributed by atoms with E-state index in [0.29, 0.717) is 11.5 Å². The molecule has 2 aromatic heterocycles. The van der Waals surface area contributed by atoms with E-state index < -0.39 is 4.92 Å². The number of nitro groups is 1. The minimum absolute atomic E-state index is 0.0464. The minimum atomic E-state index is -0.498. The van der Waals surface area contributed by atoms with Gasteiger partial charge in [0.25, 0.3) is 5.69 Å². The number of nitrogens with one attached hydrogen (secondary N) is 1. The molecule has 1 N–H and O–H groups in total. The molecule has 0 amide bonds. The van der Waals surface area contributed by atoms with Crippen molar-refractivity contribution in [2.75, 3.05) is 5.32 Å². The lowest BCUT2D eigenvalue weighted by Crippen LogP contribution is -1.95. The number of hydrogen-bond donors (Lipinski definition) is 1. The summed E-state index contributed by atoms with van der Waals surface area (Å²) in [5.74, 6) is 0.500. The van der Waals surface area contributed by atoms with Crippen LogP contribution in [0.2, 0.25) is 0 Å². The highest BCUT2D eigenvalue weighted by atomic mass is 16.6. The van der Waals surface area contributed by atoms with E-state index in [-0.39, 0.29) is 5.69 Å². The smallest absolute Gasteiger partial charge is 0.287 e. The van der Waals surface area contributed by atoms with Crippen LogP contribution in [0.3, 0.4) is 0 Å². The molecule has 80 valence electrons. The zero-order chi connectivity index (χ0) is 11.4. The van der Waals surface area contributed by atoms with Crippen LogP contribution in [-0.4, -0.2) is 19.9 Å². The van der Waals surface area contributed by atoms with Crippen molar-refractivity contribution in [1.82, 2.24) is 15.0 Å². The molecule has 0 fully saturated rings. The van der Waals surface area contributed by atoms with Crippen molar-refractivity contribution in [2.24, 2.45) is 0 Å². The largest absolute Gasteiger partial charge is 0.338 e. The molecule has 0 aliphatic rings. The molecule has 0 aromatic carbocycles. The van der Waals surface area contributed by atoms with Crippen LogP contribution in [0, 0.1) is 10.1 Å². The van der Waals surface area contributed by atoms with E-state index in [1.807, 2.05) is 0 Å². The maximum Gasteiger partial charge on any atom is 0.287 e. The van der Waals surface area contributed by atoms with Gasteiger partial charge >= 0.3 is 0 Å². The Hall–Kier alpha value is -2.57. The van der Waals surface area contributed by atoms with Gasteiger partial charge in [-0.25, -0.2) is 15.0 Å². The molecule has 16 heavy (non-hydrogen) atoms. The van der Waals surface area contributed by atoms with Gasteiger partial charge < -0.3 is 5.32 Å². The summed E-state index contributed by atoms with van der Waals surface area (Å²) in [6.07, 6.45) is 5.76. The molecule has 0 aliphatic heterocycles. The van der Waals surface area contributed by atoms with E-state index >= 15 is 0 Å². The topological polar surface area (TPSA) is 93.8 Å². The van der Waals surface area contributed by atoms with Gasteiger partial charge in [0.2, 0.25) is 0 Å². The lowest BCUT2D eigenvalue weighted by Gasteiger charge is -2.02. The average Bonchev–Trinajstić information content (AvgIpc) is 2.31. The van der Waals surface area contributed by atoms with Crippen molar-refractivity contribution >= 4 is 17.2 Å². The molecule has 7 heteroatoms. The zero-order valence-electron chi connectivity index (χ0n) is 8.07. The highest BCUT2D eigenvalue weighted by Gasteiger charge is 2.04. The molecule has 2 rings (SSSR count). The summed E-state index contributed by atoms with van der Waals surface area (Å²) in [5.41, 5.74) is 0.624. The Morgan fingerprint density at radius 2 is 1.94 bits per heavy atom. The maximum absolute atomic E-state index is 10.4. The van der Waals surface area contributed by atoms with Gasteiger partial charge in [-0.2, -0.15) is 0 Å². The Kier molecular flexibility index (Phi) is 2.68. The zero-order valence-corrected chi connectivity index (χ0v) is 8.07. The van der Waals surface area contributed by atoms with Crippen LogP contribution >= 0.6 is 0 Å².